The fourth-order valence-electron chi connectivity index (χ4n) is 3.60. The molecule has 4 rings (SSSR count). The van der Waals surface area contributed by atoms with Crippen LogP contribution in [0.2, 0.25) is 5.02 Å². The highest BCUT2D eigenvalue weighted by Crippen LogP contribution is 2.31. The van der Waals surface area contributed by atoms with Crippen molar-refractivity contribution in [2.75, 3.05) is 0 Å². The van der Waals surface area contributed by atoms with Gasteiger partial charge in [0.05, 0.1) is 17.6 Å². The topological polar surface area (TPSA) is 90.1 Å². The zero-order valence-corrected chi connectivity index (χ0v) is 21.7. The molecule has 0 aliphatic rings. The Balaban J connectivity index is 1.73. The molecule has 0 radical (unpaired) electrons. The van der Waals surface area contributed by atoms with Crippen molar-refractivity contribution in [3.05, 3.63) is 84.9 Å². The Morgan fingerprint density at radius 3 is 2.50 bits per heavy atom. The monoisotopic (exact) mass is 532 g/mol. The average Bonchev–Trinajstić information content (AvgIpc) is 3.29. The van der Waals surface area contributed by atoms with Crippen LogP contribution in [0.4, 0.5) is 8.78 Å². The molecule has 0 bridgehead atoms. The number of hydrogen-bond donors (Lipinski definition) is 1. The quantitative estimate of drug-likeness (QED) is 0.344. The van der Waals surface area contributed by atoms with Gasteiger partial charge >= 0.3 is 0 Å². The maximum atomic E-state index is 14.1. The van der Waals surface area contributed by atoms with Crippen molar-refractivity contribution >= 4 is 22.9 Å². The molecule has 0 saturated heterocycles. The molecule has 7 nitrogen and oxygen atoms in total. The van der Waals surface area contributed by atoms with Gasteiger partial charge in [0.25, 0.3) is 5.56 Å². The molecule has 0 aromatic carbocycles. The van der Waals surface area contributed by atoms with Gasteiger partial charge in [-0.05, 0) is 46.2 Å². The fraction of sp³-hybridized carbons (Fsp3) is 0.280. The van der Waals surface area contributed by atoms with E-state index in [1.807, 2.05) is 6.92 Å². The van der Waals surface area contributed by atoms with Crippen molar-refractivity contribution < 1.29 is 18.6 Å². The highest BCUT2D eigenvalue weighted by Gasteiger charge is 2.23. The number of ether oxygens (including phenoxy) is 1. The number of nitrogens with zero attached hydrogens (tertiary/aromatic N) is 4. The lowest BCUT2D eigenvalue weighted by Crippen LogP contribution is -2.23. The lowest BCUT2D eigenvalue weighted by molar-refractivity contribution is 0.0783. The summed E-state index contributed by atoms with van der Waals surface area (Å²) in [5.41, 5.74) is 1.13. The summed E-state index contributed by atoms with van der Waals surface area (Å²) in [6, 6.07) is 4.00. The molecule has 4 heterocycles. The molecule has 1 N–H and O–H groups in total. The summed E-state index contributed by atoms with van der Waals surface area (Å²) in [4.78, 5) is 26.0. The van der Waals surface area contributed by atoms with E-state index in [-0.39, 0.29) is 16.5 Å². The second-order valence-corrected chi connectivity index (χ2v) is 10.1. The van der Waals surface area contributed by atoms with Gasteiger partial charge in [0.15, 0.2) is 5.82 Å². The van der Waals surface area contributed by atoms with Crippen molar-refractivity contribution in [1.82, 2.24) is 19.5 Å². The van der Waals surface area contributed by atoms with E-state index in [1.165, 1.54) is 22.8 Å². The third kappa shape index (κ3) is 5.02. The normalized spacial score (nSPS) is 12.6. The number of halogens is 3. The van der Waals surface area contributed by atoms with Crippen LogP contribution >= 0.6 is 22.9 Å². The summed E-state index contributed by atoms with van der Waals surface area (Å²) in [7, 11) is 0. The van der Waals surface area contributed by atoms with Crippen LogP contribution in [0.15, 0.2) is 40.8 Å². The third-order valence-corrected chi connectivity index (χ3v) is 6.93. The second kappa shape index (κ2) is 9.68. The fourth-order valence-corrected chi connectivity index (χ4v) is 4.62. The molecule has 188 valence electrons. The molecule has 0 spiro atoms. The minimum Gasteiger partial charge on any atom is -0.482 e. The number of aromatic nitrogens is 4. The predicted molar refractivity (Wildman–Crippen MR) is 134 cm³/mol. The minimum absolute atomic E-state index is 0.0506. The van der Waals surface area contributed by atoms with Gasteiger partial charge < -0.3 is 9.84 Å². The molecule has 0 aliphatic heterocycles. The van der Waals surface area contributed by atoms with Crippen LogP contribution in [0.25, 0.3) is 17.1 Å². The van der Waals surface area contributed by atoms with E-state index in [1.54, 1.807) is 44.5 Å². The van der Waals surface area contributed by atoms with E-state index in [9.17, 15) is 18.7 Å². The van der Waals surface area contributed by atoms with E-state index < -0.39 is 28.9 Å². The average molecular weight is 533 g/mol. The van der Waals surface area contributed by atoms with Crippen LogP contribution in [0.1, 0.15) is 48.8 Å². The molecule has 0 amide bonds. The number of pyridine rings is 3. The van der Waals surface area contributed by atoms with Gasteiger partial charge in [0.1, 0.15) is 44.7 Å². The highest BCUT2D eigenvalue weighted by atomic mass is 35.5. The molecule has 0 aliphatic carbocycles. The Morgan fingerprint density at radius 1 is 1.14 bits per heavy atom. The van der Waals surface area contributed by atoms with Gasteiger partial charge in [0, 0.05) is 29.4 Å². The van der Waals surface area contributed by atoms with Crippen molar-refractivity contribution in [3.8, 4) is 22.8 Å². The number of aryl methyl sites for hydroxylation is 2. The van der Waals surface area contributed by atoms with Crippen LogP contribution in [0, 0.1) is 25.5 Å². The number of hydrogen-bond acceptors (Lipinski definition) is 7. The van der Waals surface area contributed by atoms with Crippen LogP contribution < -0.4 is 10.3 Å². The van der Waals surface area contributed by atoms with Crippen LogP contribution in [-0.4, -0.2) is 24.6 Å². The highest BCUT2D eigenvalue weighted by molar-refractivity contribution is 7.10. The predicted octanol–water partition coefficient (Wildman–Crippen LogP) is 5.67. The first-order valence-corrected chi connectivity index (χ1v) is 12.2. The zero-order chi connectivity index (χ0) is 26.4. The maximum absolute atomic E-state index is 14.1. The van der Waals surface area contributed by atoms with Crippen LogP contribution in [0.5, 0.6) is 5.75 Å². The summed E-state index contributed by atoms with van der Waals surface area (Å²) in [5.74, 6) is -1.62. The molecule has 1 atom stereocenters. The molecule has 4 aromatic heterocycles. The van der Waals surface area contributed by atoms with Gasteiger partial charge in [-0.25, -0.2) is 13.8 Å². The first-order chi connectivity index (χ1) is 16.9. The van der Waals surface area contributed by atoms with Crippen molar-refractivity contribution in [3.63, 3.8) is 0 Å². The number of aliphatic hydroxyl groups is 1. The van der Waals surface area contributed by atoms with Crippen molar-refractivity contribution in [2.24, 2.45) is 0 Å². The van der Waals surface area contributed by atoms with E-state index in [0.717, 1.165) is 11.8 Å². The Hall–Kier alpha value is -3.21. The Kier molecular flexibility index (Phi) is 6.96. The first kappa shape index (κ1) is 25.9. The van der Waals surface area contributed by atoms with Gasteiger partial charge in [-0.1, -0.05) is 11.6 Å². The smallest absolute Gasteiger partial charge is 0.277 e. The molecule has 0 fully saturated rings. The van der Waals surface area contributed by atoms with E-state index >= 15 is 0 Å². The third-order valence-electron chi connectivity index (χ3n) is 5.43. The van der Waals surface area contributed by atoms with Gasteiger partial charge in [0.2, 0.25) is 0 Å². The minimum atomic E-state index is -1.09. The van der Waals surface area contributed by atoms with Gasteiger partial charge in [-0.3, -0.25) is 19.3 Å². The SMILES string of the molecule is Cc1cnc(-c2csc(C(C)(C)O)n2)cc1-n1c(C)cc(O[C@H](C)c2ncc(F)cc2F)c(Cl)c1=O. The summed E-state index contributed by atoms with van der Waals surface area (Å²) >= 11 is 7.71. The number of rotatable bonds is 6. The Labute approximate surface area is 215 Å². The molecule has 0 saturated carbocycles. The van der Waals surface area contributed by atoms with Crippen LogP contribution in [0.3, 0.4) is 0 Å². The van der Waals surface area contributed by atoms with E-state index in [4.69, 9.17) is 16.3 Å². The first-order valence-electron chi connectivity index (χ1n) is 10.9. The molecule has 0 unspecified atom stereocenters. The van der Waals surface area contributed by atoms with Gasteiger partial charge in [-0.15, -0.1) is 11.3 Å². The molecule has 4 aromatic rings. The Morgan fingerprint density at radius 2 is 1.86 bits per heavy atom. The summed E-state index contributed by atoms with van der Waals surface area (Å²) in [6.07, 6.45) is 1.59. The molecular formula is C25H23ClF2N4O3S. The summed E-state index contributed by atoms with van der Waals surface area (Å²) < 4.78 is 34.5. The standard InChI is InChI=1S/C25H23ClF2N4O3S/c1-12-9-29-17(18-11-36-24(31-18)25(4,5)34)8-19(12)32-13(2)6-20(21(26)23(32)33)35-14(3)22-16(28)7-15(27)10-30-22/h6-11,14,34H,1-5H3/t14-/m1/s1. The summed E-state index contributed by atoms with van der Waals surface area (Å²) in [5, 5.41) is 12.4. The largest absolute Gasteiger partial charge is 0.482 e. The van der Waals surface area contributed by atoms with Gasteiger partial charge in [-0.2, -0.15) is 0 Å². The molecular weight excluding hydrogens is 510 g/mol. The summed E-state index contributed by atoms with van der Waals surface area (Å²) in [6.45, 7) is 8.35. The molecule has 11 heteroatoms. The number of thiazole rings is 1. The van der Waals surface area contributed by atoms with E-state index in [0.29, 0.717) is 33.8 Å². The lowest BCUT2D eigenvalue weighted by Gasteiger charge is -2.19. The second-order valence-electron chi connectivity index (χ2n) is 8.84. The molecule has 36 heavy (non-hydrogen) atoms. The lowest BCUT2D eigenvalue weighted by atomic mass is 10.1. The van der Waals surface area contributed by atoms with E-state index in [2.05, 4.69) is 15.0 Å². The zero-order valence-electron chi connectivity index (χ0n) is 20.1. The van der Waals surface area contributed by atoms with Crippen molar-refractivity contribution in [1.29, 1.82) is 0 Å². The van der Waals surface area contributed by atoms with Crippen molar-refractivity contribution in [2.45, 2.75) is 46.3 Å². The Bertz CT molecular complexity index is 1510. The maximum Gasteiger partial charge on any atom is 0.277 e. The van der Waals surface area contributed by atoms with Crippen LogP contribution in [-0.2, 0) is 5.60 Å².